The van der Waals surface area contributed by atoms with Crippen LogP contribution in [0.25, 0.3) is 0 Å². The van der Waals surface area contributed by atoms with Gasteiger partial charge in [0.05, 0.1) is 12.2 Å². The monoisotopic (exact) mass is 199 g/mol. The highest BCUT2D eigenvalue weighted by Crippen LogP contribution is 2.22. The minimum absolute atomic E-state index is 0.355. The van der Waals surface area contributed by atoms with Gasteiger partial charge in [-0.25, -0.2) is 0 Å². The molecule has 0 heterocycles. The van der Waals surface area contributed by atoms with Crippen molar-refractivity contribution in [2.75, 3.05) is 14.1 Å². The van der Waals surface area contributed by atoms with Crippen LogP contribution < -0.4 is 0 Å². The summed E-state index contributed by atoms with van der Waals surface area (Å²) in [5.74, 6) is 0. The predicted octanol–water partition coefficient (Wildman–Crippen LogP) is 2.67. The van der Waals surface area contributed by atoms with Gasteiger partial charge in [-0.15, -0.1) is 0 Å². The molecule has 84 valence electrons. The van der Waals surface area contributed by atoms with Crippen LogP contribution in [0.1, 0.15) is 46.0 Å². The molecule has 2 heteroatoms. The molecular weight excluding hydrogens is 174 g/mol. The summed E-state index contributed by atoms with van der Waals surface area (Å²) in [7, 11) is 4.23. The van der Waals surface area contributed by atoms with Gasteiger partial charge in [0.25, 0.3) is 0 Å². The lowest BCUT2D eigenvalue weighted by Gasteiger charge is -2.31. The molecule has 0 aromatic carbocycles. The van der Waals surface area contributed by atoms with E-state index in [2.05, 4.69) is 32.8 Å². The van der Waals surface area contributed by atoms with Crippen molar-refractivity contribution in [2.24, 2.45) is 0 Å². The summed E-state index contributed by atoms with van der Waals surface area (Å²) in [6, 6.07) is 0.511. The first kappa shape index (κ1) is 12.0. The van der Waals surface area contributed by atoms with Gasteiger partial charge in [-0.3, -0.25) is 0 Å². The number of rotatable bonds is 4. The van der Waals surface area contributed by atoms with Crippen LogP contribution >= 0.6 is 0 Å². The van der Waals surface area contributed by atoms with Gasteiger partial charge in [0.2, 0.25) is 0 Å². The number of likely N-dealkylation sites (N-methyl/N-ethyl adjacent to an activating group) is 1. The van der Waals surface area contributed by atoms with Gasteiger partial charge in [0.15, 0.2) is 0 Å². The van der Waals surface area contributed by atoms with Crippen LogP contribution in [0.15, 0.2) is 0 Å². The van der Waals surface area contributed by atoms with Crippen molar-refractivity contribution in [1.29, 1.82) is 0 Å². The Hall–Kier alpha value is -0.0800. The molecule has 1 aliphatic carbocycles. The number of ether oxygens (including phenoxy) is 1. The molecule has 1 rings (SSSR count). The topological polar surface area (TPSA) is 12.5 Å². The molecule has 0 bridgehead atoms. The van der Waals surface area contributed by atoms with Crippen molar-refractivity contribution in [2.45, 2.75) is 64.2 Å². The van der Waals surface area contributed by atoms with Gasteiger partial charge in [0.1, 0.15) is 0 Å². The third-order valence-corrected chi connectivity index (χ3v) is 3.45. The Morgan fingerprint density at radius 2 is 1.64 bits per heavy atom. The lowest BCUT2D eigenvalue weighted by Crippen LogP contribution is -2.38. The minimum Gasteiger partial charge on any atom is -0.374 e. The Kier molecular flexibility index (Phi) is 4.90. The molecule has 0 radical (unpaired) electrons. The Labute approximate surface area is 88.6 Å². The van der Waals surface area contributed by atoms with E-state index in [1.54, 1.807) is 0 Å². The molecule has 2 nitrogen and oxygen atoms in total. The summed E-state index contributed by atoms with van der Waals surface area (Å²) in [6.07, 6.45) is 7.53. The van der Waals surface area contributed by atoms with Crippen molar-refractivity contribution >= 4 is 0 Å². The zero-order valence-electron chi connectivity index (χ0n) is 10.1. The van der Waals surface area contributed by atoms with E-state index in [0.29, 0.717) is 18.2 Å². The molecule has 14 heavy (non-hydrogen) atoms. The highest BCUT2D eigenvalue weighted by molar-refractivity contribution is 4.72. The maximum absolute atomic E-state index is 6.07. The van der Waals surface area contributed by atoms with Gasteiger partial charge in [-0.2, -0.15) is 0 Å². The van der Waals surface area contributed by atoms with Crippen LogP contribution in [0.4, 0.5) is 0 Å². The molecule has 1 aliphatic rings. The van der Waals surface area contributed by atoms with E-state index >= 15 is 0 Å². The highest BCUT2D eigenvalue weighted by Gasteiger charge is 2.21. The van der Waals surface area contributed by atoms with Crippen molar-refractivity contribution in [1.82, 2.24) is 4.90 Å². The molecule has 0 aliphatic heterocycles. The molecule has 0 unspecified atom stereocenters. The van der Waals surface area contributed by atoms with Gasteiger partial charge in [-0.05, 0) is 40.8 Å². The Morgan fingerprint density at radius 3 is 2.14 bits per heavy atom. The summed E-state index contributed by atoms with van der Waals surface area (Å²) < 4.78 is 6.07. The van der Waals surface area contributed by atoms with Gasteiger partial charge >= 0.3 is 0 Å². The average Bonchev–Trinajstić information content (AvgIpc) is 2.18. The first-order valence-electron chi connectivity index (χ1n) is 5.93. The van der Waals surface area contributed by atoms with Gasteiger partial charge in [0, 0.05) is 6.04 Å². The second kappa shape index (κ2) is 5.72. The van der Waals surface area contributed by atoms with Crippen molar-refractivity contribution in [3.05, 3.63) is 0 Å². The van der Waals surface area contributed by atoms with Crippen molar-refractivity contribution in [3.63, 3.8) is 0 Å². The zero-order chi connectivity index (χ0) is 10.6. The fraction of sp³-hybridized carbons (Fsp3) is 1.00. The highest BCUT2D eigenvalue weighted by atomic mass is 16.5. The summed E-state index contributed by atoms with van der Waals surface area (Å²) in [6.45, 7) is 4.42. The Balaban J connectivity index is 2.27. The van der Waals surface area contributed by atoms with Gasteiger partial charge in [-0.1, -0.05) is 19.3 Å². The standard InChI is InChI=1S/C12H25NO/c1-10(13(3)4)11(2)14-12-8-6-5-7-9-12/h10-12H,5-9H2,1-4H3/t10-,11-/m1/s1. The largest absolute Gasteiger partial charge is 0.374 e. The maximum atomic E-state index is 6.07. The molecular formula is C12H25NO. The molecule has 1 fully saturated rings. The van der Waals surface area contributed by atoms with E-state index in [9.17, 15) is 0 Å². The summed E-state index contributed by atoms with van der Waals surface area (Å²) in [5, 5.41) is 0. The summed E-state index contributed by atoms with van der Waals surface area (Å²) in [4.78, 5) is 2.23. The second-order valence-electron chi connectivity index (χ2n) is 4.81. The third-order valence-electron chi connectivity index (χ3n) is 3.45. The molecule has 0 aromatic rings. The second-order valence-corrected chi connectivity index (χ2v) is 4.81. The quantitative estimate of drug-likeness (QED) is 0.690. The first-order chi connectivity index (χ1) is 6.61. The molecule has 0 amide bonds. The maximum Gasteiger partial charge on any atom is 0.0702 e. The predicted molar refractivity (Wildman–Crippen MR) is 60.6 cm³/mol. The number of hydrogen-bond donors (Lipinski definition) is 0. The third kappa shape index (κ3) is 3.58. The average molecular weight is 199 g/mol. The zero-order valence-corrected chi connectivity index (χ0v) is 10.1. The van der Waals surface area contributed by atoms with Gasteiger partial charge < -0.3 is 9.64 Å². The molecule has 0 saturated heterocycles. The molecule has 2 atom stereocenters. The van der Waals surface area contributed by atoms with E-state index in [4.69, 9.17) is 4.74 Å². The molecule has 0 N–H and O–H groups in total. The van der Waals surface area contributed by atoms with E-state index < -0.39 is 0 Å². The Bertz CT molecular complexity index is 152. The Morgan fingerprint density at radius 1 is 1.07 bits per heavy atom. The summed E-state index contributed by atoms with van der Waals surface area (Å²) >= 11 is 0. The first-order valence-corrected chi connectivity index (χ1v) is 5.93. The fourth-order valence-corrected chi connectivity index (χ4v) is 2.04. The van der Waals surface area contributed by atoms with Crippen LogP contribution in [0.3, 0.4) is 0 Å². The number of nitrogens with zero attached hydrogens (tertiary/aromatic N) is 1. The van der Waals surface area contributed by atoms with Crippen LogP contribution in [0.2, 0.25) is 0 Å². The number of hydrogen-bond acceptors (Lipinski definition) is 2. The van der Waals surface area contributed by atoms with E-state index in [-0.39, 0.29) is 0 Å². The van der Waals surface area contributed by atoms with Crippen LogP contribution in [0.5, 0.6) is 0 Å². The van der Waals surface area contributed by atoms with Crippen molar-refractivity contribution in [3.8, 4) is 0 Å². The molecule has 0 aromatic heterocycles. The van der Waals surface area contributed by atoms with Crippen LogP contribution in [-0.4, -0.2) is 37.2 Å². The van der Waals surface area contributed by atoms with E-state index in [1.165, 1.54) is 32.1 Å². The lowest BCUT2D eigenvalue weighted by atomic mass is 9.97. The van der Waals surface area contributed by atoms with E-state index in [1.807, 2.05) is 0 Å². The molecule has 1 saturated carbocycles. The molecule has 0 spiro atoms. The normalized spacial score (nSPS) is 23.8. The summed E-state index contributed by atoms with van der Waals surface area (Å²) in [5.41, 5.74) is 0. The smallest absolute Gasteiger partial charge is 0.0702 e. The minimum atomic E-state index is 0.355. The van der Waals surface area contributed by atoms with Crippen LogP contribution in [0, 0.1) is 0 Å². The van der Waals surface area contributed by atoms with Crippen molar-refractivity contribution < 1.29 is 4.74 Å². The SMILES string of the molecule is C[C@H]([C@@H](C)OC1CCCCC1)N(C)C. The fourth-order valence-electron chi connectivity index (χ4n) is 2.04. The lowest BCUT2D eigenvalue weighted by molar-refractivity contribution is -0.0504. The van der Waals surface area contributed by atoms with Crippen LogP contribution in [-0.2, 0) is 4.74 Å². The van der Waals surface area contributed by atoms with E-state index in [0.717, 1.165) is 0 Å².